The number of pyridine rings is 1. The Morgan fingerprint density at radius 3 is 2.16 bits per heavy atom. The molecule has 2 heterocycles. The number of ether oxygens (including phenoxy) is 1. The molecular formula is C20H15ClF6N2O2. The van der Waals surface area contributed by atoms with Crippen molar-refractivity contribution in [1.29, 1.82) is 0 Å². The second-order valence-corrected chi connectivity index (χ2v) is 8.04. The van der Waals surface area contributed by atoms with Crippen LogP contribution in [-0.2, 0) is 17.1 Å². The SMILES string of the molecule is CC(C)(C)OC(=O)n1c(-c2cc(C(F)(F)F)ccc2C(F)(F)F)cc2ccc(Cl)nc21. The summed E-state index contributed by atoms with van der Waals surface area (Å²) in [6, 6.07) is 4.87. The molecule has 0 N–H and O–H groups in total. The molecule has 11 heteroatoms. The van der Waals surface area contributed by atoms with E-state index < -0.39 is 46.4 Å². The van der Waals surface area contributed by atoms with Crippen LogP contribution in [0.1, 0.15) is 31.9 Å². The molecule has 0 bridgehead atoms. The molecule has 0 unspecified atom stereocenters. The Morgan fingerprint density at radius 1 is 0.968 bits per heavy atom. The van der Waals surface area contributed by atoms with E-state index >= 15 is 0 Å². The maximum atomic E-state index is 13.6. The summed E-state index contributed by atoms with van der Waals surface area (Å²) in [4.78, 5) is 16.8. The van der Waals surface area contributed by atoms with Crippen molar-refractivity contribution < 1.29 is 35.9 Å². The maximum absolute atomic E-state index is 13.6. The van der Waals surface area contributed by atoms with Crippen molar-refractivity contribution in [2.24, 2.45) is 0 Å². The minimum absolute atomic E-state index is 0.0676. The van der Waals surface area contributed by atoms with Gasteiger partial charge in [-0.15, -0.1) is 0 Å². The lowest BCUT2D eigenvalue weighted by molar-refractivity contribution is -0.141. The fourth-order valence-corrected chi connectivity index (χ4v) is 3.07. The van der Waals surface area contributed by atoms with E-state index in [9.17, 15) is 31.1 Å². The zero-order valence-electron chi connectivity index (χ0n) is 16.3. The Bertz CT molecular complexity index is 1160. The Labute approximate surface area is 177 Å². The largest absolute Gasteiger partial charge is 0.443 e. The maximum Gasteiger partial charge on any atom is 0.420 e. The lowest BCUT2D eigenvalue weighted by Crippen LogP contribution is -2.28. The van der Waals surface area contributed by atoms with Gasteiger partial charge in [0, 0.05) is 10.9 Å². The molecule has 3 rings (SSSR count). The lowest BCUT2D eigenvalue weighted by Gasteiger charge is -2.22. The molecule has 0 spiro atoms. The molecule has 0 saturated carbocycles. The smallest absolute Gasteiger partial charge is 0.420 e. The van der Waals surface area contributed by atoms with Crippen LogP contribution in [0.5, 0.6) is 0 Å². The number of rotatable bonds is 1. The topological polar surface area (TPSA) is 44.1 Å². The van der Waals surface area contributed by atoms with Gasteiger partial charge in [-0.2, -0.15) is 26.3 Å². The molecule has 0 aliphatic rings. The van der Waals surface area contributed by atoms with Gasteiger partial charge in [0.05, 0.1) is 16.8 Å². The van der Waals surface area contributed by atoms with Gasteiger partial charge in [-0.25, -0.2) is 14.3 Å². The summed E-state index contributed by atoms with van der Waals surface area (Å²) >= 11 is 5.87. The average Bonchev–Trinajstić information content (AvgIpc) is 2.96. The van der Waals surface area contributed by atoms with Crippen LogP contribution in [0.3, 0.4) is 0 Å². The molecule has 0 aliphatic heterocycles. The van der Waals surface area contributed by atoms with E-state index in [1.54, 1.807) is 0 Å². The third-order valence-electron chi connectivity index (χ3n) is 4.12. The number of benzene rings is 1. The number of hydrogen-bond donors (Lipinski definition) is 0. The van der Waals surface area contributed by atoms with Gasteiger partial charge in [0.1, 0.15) is 10.8 Å². The molecule has 0 aliphatic carbocycles. The average molecular weight is 465 g/mol. The highest BCUT2D eigenvalue weighted by atomic mass is 35.5. The first-order valence-corrected chi connectivity index (χ1v) is 9.16. The van der Waals surface area contributed by atoms with E-state index in [4.69, 9.17) is 16.3 Å². The van der Waals surface area contributed by atoms with Crippen molar-refractivity contribution in [3.8, 4) is 11.3 Å². The van der Waals surface area contributed by atoms with Crippen LogP contribution in [-0.4, -0.2) is 21.2 Å². The van der Waals surface area contributed by atoms with E-state index in [1.807, 2.05) is 0 Å². The number of carbonyl (C=O) groups is 1. The van der Waals surface area contributed by atoms with Gasteiger partial charge < -0.3 is 4.74 Å². The lowest BCUT2D eigenvalue weighted by atomic mass is 10.00. The van der Waals surface area contributed by atoms with E-state index in [2.05, 4.69) is 4.98 Å². The number of aromatic nitrogens is 2. The van der Waals surface area contributed by atoms with Crippen LogP contribution < -0.4 is 0 Å². The van der Waals surface area contributed by atoms with Gasteiger partial charge in [0.25, 0.3) is 0 Å². The van der Waals surface area contributed by atoms with Gasteiger partial charge in [-0.3, -0.25) is 0 Å². The summed E-state index contributed by atoms with van der Waals surface area (Å²) < 4.78 is 86.6. The van der Waals surface area contributed by atoms with Crippen LogP contribution in [0.25, 0.3) is 22.3 Å². The summed E-state index contributed by atoms with van der Waals surface area (Å²) in [6.45, 7) is 4.59. The highest BCUT2D eigenvalue weighted by molar-refractivity contribution is 6.29. The van der Waals surface area contributed by atoms with Crippen molar-refractivity contribution in [1.82, 2.24) is 9.55 Å². The van der Waals surface area contributed by atoms with Crippen LogP contribution in [0.15, 0.2) is 36.4 Å². The van der Waals surface area contributed by atoms with Crippen molar-refractivity contribution in [3.63, 3.8) is 0 Å². The standard InChI is InChI=1S/C20H15ClF6N2O2/c1-18(2,3)31-17(30)29-14(8-10-4-7-15(21)28-16(10)29)12-9-11(19(22,23)24)5-6-13(12)20(25,26)27/h4-9H,1-3H3. The van der Waals surface area contributed by atoms with Crippen LogP contribution in [0.4, 0.5) is 31.1 Å². The van der Waals surface area contributed by atoms with Crippen LogP contribution >= 0.6 is 11.6 Å². The fourth-order valence-electron chi connectivity index (χ4n) is 2.92. The van der Waals surface area contributed by atoms with Gasteiger partial charge in [0.2, 0.25) is 0 Å². The second kappa shape index (κ2) is 7.44. The highest BCUT2D eigenvalue weighted by Crippen LogP contribution is 2.42. The fraction of sp³-hybridized carbons (Fsp3) is 0.300. The molecule has 0 atom stereocenters. The summed E-state index contributed by atoms with van der Waals surface area (Å²) in [5, 5.41) is 0.123. The summed E-state index contributed by atoms with van der Waals surface area (Å²) in [7, 11) is 0. The molecule has 31 heavy (non-hydrogen) atoms. The molecule has 0 saturated heterocycles. The summed E-state index contributed by atoms with van der Waals surface area (Å²) in [5.74, 6) is 0. The van der Waals surface area contributed by atoms with Crippen molar-refractivity contribution >= 4 is 28.7 Å². The Kier molecular flexibility index (Phi) is 5.50. The normalized spacial score (nSPS) is 13.0. The summed E-state index contributed by atoms with van der Waals surface area (Å²) in [5.41, 5.74) is -5.15. The highest BCUT2D eigenvalue weighted by Gasteiger charge is 2.38. The van der Waals surface area contributed by atoms with E-state index in [1.165, 1.54) is 32.9 Å². The minimum atomic E-state index is -4.99. The quantitative estimate of drug-likeness (QED) is 0.283. The Morgan fingerprint density at radius 2 is 1.61 bits per heavy atom. The van der Waals surface area contributed by atoms with Crippen molar-refractivity contribution in [2.45, 2.75) is 38.7 Å². The molecule has 3 aromatic rings. The second-order valence-electron chi connectivity index (χ2n) is 7.65. The number of carbonyl (C=O) groups excluding carboxylic acids is 1. The Balaban J connectivity index is 2.39. The molecule has 166 valence electrons. The van der Waals surface area contributed by atoms with Crippen LogP contribution in [0.2, 0.25) is 5.15 Å². The number of nitrogens with zero attached hydrogens (tertiary/aromatic N) is 2. The number of alkyl halides is 6. The third-order valence-corrected chi connectivity index (χ3v) is 4.33. The molecule has 4 nitrogen and oxygen atoms in total. The number of fused-ring (bicyclic) bond motifs is 1. The molecule has 0 radical (unpaired) electrons. The predicted molar refractivity (Wildman–Crippen MR) is 102 cm³/mol. The van der Waals surface area contributed by atoms with E-state index in [0.29, 0.717) is 22.8 Å². The van der Waals surface area contributed by atoms with Gasteiger partial charge in [-0.05, 0) is 57.2 Å². The van der Waals surface area contributed by atoms with Crippen molar-refractivity contribution in [2.75, 3.05) is 0 Å². The van der Waals surface area contributed by atoms with Gasteiger partial charge in [0.15, 0.2) is 5.65 Å². The monoisotopic (exact) mass is 464 g/mol. The number of halogens is 7. The first-order chi connectivity index (χ1) is 14.1. The zero-order valence-corrected chi connectivity index (χ0v) is 17.1. The zero-order chi connectivity index (χ0) is 23.4. The van der Waals surface area contributed by atoms with E-state index in [-0.39, 0.29) is 16.2 Å². The van der Waals surface area contributed by atoms with Crippen LogP contribution in [0, 0.1) is 0 Å². The predicted octanol–water partition coefficient (Wildman–Crippen LogP) is 7.18. The van der Waals surface area contributed by atoms with E-state index in [0.717, 1.165) is 6.07 Å². The third kappa shape index (κ3) is 4.79. The Hall–Kier alpha value is -2.75. The molecule has 0 amide bonds. The first kappa shape index (κ1) is 22.9. The van der Waals surface area contributed by atoms with Gasteiger partial charge in [-0.1, -0.05) is 11.6 Å². The minimum Gasteiger partial charge on any atom is -0.443 e. The molecular weight excluding hydrogens is 450 g/mol. The molecule has 2 aromatic heterocycles. The van der Waals surface area contributed by atoms with Crippen molar-refractivity contribution in [3.05, 3.63) is 52.7 Å². The molecule has 0 fully saturated rings. The summed E-state index contributed by atoms with van der Waals surface area (Å²) in [6.07, 6.45) is -11.0. The number of hydrogen-bond acceptors (Lipinski definition) is 3. The van der Waals surface area contributed by atoms with Gasteiger partial charge >= 0.3 is 18.4 Å². The molecule has 1 aromatic carbocycles. The first-order valence-electron chi connectivity index (χ1n) is 8.78.